The lowest BCUT2D eigenvalue weighted by atomic mass is 10.3. The van der Waals surface area contributed by atoms with Gasteiger partial charge in [-0.15, -0.1) is 0 Å². The number of carbonyl (C=O) groups is 1. The highest BCUT2D eigenvalue weighted by Gasteiger charge is 2.00. The number of nitrogens with zero attached hydrogens (tertiary/aromatic N) is 1. The monoisotopic (exact) mass is 230 g/mol. The zero-order valence-electron chi connectivity index (χ0n) is 10.9. The largest absolute Gasteiger partial charge is 0.466 e. The topological polar surface area (TPSA) is 41.6 Å². The molecule has 0 aliphatic carbocycles. The van der Waals surface area contributed by atoms with Gasteiger partial charge < -0.3 is 15.0 Å². The summed E-state index contributed by atoms with van der Waals surface area (Å²) < 4.78 is 4.98. The standard InChI is InChI=1S/C12H26N2O2/c1-4-11-16-12(15)7-5-8-13-9-6-10-14(2)3/h13H,4-11H2,1-3H3. The first-order valence-corrected chi connectivity index (χ1v) is 6.18. The molecule has 0 spiro atoms. The minimum atomic E-state index is -0.0723. The first-order valence-electron chi connectivity index (χ1n) is 6.18. The fourth-order valence-electron chi connectivity index (χ4n) is 1.29. The van der Waals surface area contributed by atoms with E-state index in [4.69, 9.17) is 4.74 Å². The summed E-state index contributed by atoms with van der Waals surface area (Å²) in [6.07, 6.45) is 3.44. The van der Waals surface area contributed by atoms with E-state index in [-0.39, 0.29) is 5.97 Å². The molecule has 0 fully saturated rings. The van der Waals surface area contributed by atoms with Crippen LogP contribution in [0, 0.1) is 0 Å². The summed E-state index contributed by atoms with van der Waals surface area (Å²) in [6.45, 7) is 5.57. The first kappa shape index (κ1) is 15.4. The number of hydrogen-bond acceptors (Lipinski definition) is 4. The third-order valence-corrected chi connectivity index (χ3v) is 2.16. The molecule has 96 valence electrons. The van der Waals surface area contributed by atoms with Crippen molar-refractivity contribution < 1.29 is 9.53 Å². The molecule has 0 radical (unpaired) electrons. The van der Waals surface area contributed by atoms with Gasteiger partial charge in [-0.3, -0.25) is 4.79 Å². The van der Waals surface area contributed by atoms with Gasteiger partial charge in [-0.25, -0.2) is 0 Å². The Bertz CT molecular complexity index is 172. The highest BCUT2D eigenvalue weighted by molar-refractivity contribution is 5.69. The van der Waals surface area contributed by atoms with E-state index in [2.05, 4.69) is 24.3 Å². The van der Waals surface area contributed by atoms with Crippen molar-refractivity contribution in [3.05, 3.63) is 0 Å². The van der Waals surface area contributed by atoms with Gasteiger partial charge in [-0.1, -0.05) is 6.92 Å². The molecule has 0 saturated heterocycles. The Balaban J connectivity index is 3.11. The predicted molar refractivity (Wildman–Crippen MR) is 66.5 cm³/mol. The van der Waals surface area contributed by atoms with Crippen molar-refractivity contribution in [1.82, 2.24) is 10.2 Å². The zero-order valence-corrected chi connectivity index (χ0v) is 10.9. The van der Waals surface area contributed by atoms with Crippen LogP contribution >= 0.6 is 0 Å². The second-order valence-corrected chi connectivity index (χ2v) is 4.23. The average molecular weight is 230 g/mol. The molecule has 0 aliphatic heterocycles. The fraction of sp³-hybridized carbons (Fsp3) is 0.917. The lowest BCUT2D eigenvalue weighted by Gasteiger charge is -2.09. The summed E-state index contributed by atoms with van der Waals surface area (Å²) in [7, 11) is 4.15. The molecular formula is C12H26N2O2. The summed E-state index contributed by atoms with van der Waals surface area (Å²) in [6, 6.07) is 0. The van der Waals surface area contributed by atoms with Gasteiger partial charge in [0.05, 0.1) is 6.61 Å². The lowest BCUT2D eigenvalue weighted by Crippen LogP contribution is -2.22. The Morgan fingerprint density at radius 2 is 1.94 bits per heavy atom. The van der Waals surface area contributed by atoms with Crippen LogP contribution in [-0.4, -0.2) is 51.2 Å². The van der Waals surface area contributed by atoms with Crippen LogP contribution in [0.2, 0.25) is 0 Å². The van der Waals surface area contributed by atoms with Crippen molar-refractivity contribution in [3.8, 4) is 0 Å². The first-order chi connectivity index (χ1) is 7.66. The quantitative estimate of drug-likeness (QED) is 0.453. The van der Waals surface area contributed by atoms with E-state index in [0.29, 0.717) is 13.0 Å². The van der Waals surface area contributed by atoms with E-state index in [1.54, 1.807) is 0 Å². The molecule has 16 heavy (non-hydrogen) atoms. The summed E-state index contributed by atoms with van der Waals surface area (Å²) in [4.78, 5) is 13.3. The SMILES string of the molecule is CCCOC(=O)CCCNCCCN(C)C. The minimum Gasteiger partial charge on any atom is -0.466 e. The second kappa shape index (κ2) is 10.9. The number of rotatable bonds is 10. The van der Waals surface area contributed by atoms with Gasteiger partial charge in [0, 0.05) is 6.42 Å². The minimum absolute atomic E-state index is 0.0723. The maximum Gasteiger partial charge on any atom is 0.305 e. The molecule has 0 saturated carbocycles. The number of ether oxygens (including phenoxy) is 1. The van der Waals surface area contributed by atoms with Crippen LogP contribution in [0.5, 0.6) is 0 Å². The average Bonchev–Trinajstić information content (AvgIpc) is 2.24. The molecule has 0 atom stereocenters. The van der Waals surface area contributed by atoms with Crippen LogP contribution in [0.3, 0.4) is 0 Å². The molecule has 0 unspecified atom stereocenters. The second-order valence-electron chi connectivity index (χ2n) is 4.23. The third kappa shape index (κ3) is 11.5. The molecular weight excluding hydrogens is 204 g/mol. The summed E-state index contributed by atoms with van der Waals surface area (Å²) >= 11 is 0. The van der Waals surface area contributed by atoms with Gasteiger partial charge in [0.15, 0.2) is 0 Å². The van der Waals surface area contributed by atoms with E-state index in [9.17, 15) is 4.79 Å². The van der Waals surface area contributed by atoms with Gasteiger partial charge in [-0.05, 0) is 53.0 Å². The van der Waals surface area contributed by atoms with E-state index in [1.807, 2.05) is 6.92 Å². The third-order valence-electron chi connectivity index (χ3n) is 2.16. The molecule has 0 amide bonds. The highest BCUT2D eigenvalue weighted by atomic mass is 16.5. The van der Waals surface area contributed by atoms with Crippen molar-refractivity contribution in [2.24, 2.45) is 0 Å². The van der Waals surface area contributed by atoms with Crippen molar-refractivity contribution >= 4 is 5.97 Å². The molecule has 0 aliphatic rings. The van der Waals surface area contributed by atoms with Gasteiger partial charge in [-0.2, -0.15) is 0 Å². The molecule has 0 aromatic carbocycles. The number of esters is 1. The summed E-state index contributed by atoms with van der Waals surface area (Å²) in [5.41, 5.74) is 0. The van der Waals surface area contributed by atoms with Gasteiger partial charge in [0.1, 0.15) is 0 Å². The van der Waals surface area contributed by atoms with Crippen LogP contribution in [0.1, 0.15) is 32.6 Å². The number of nitrogens with one attached hydrogen (secondary N) is 1. The predicted octanol–water partition coefficient (Wildman–Crippen LogP) is 1.26. The molecule has 1 N–H and O–H groups in total. The zero-order chi connectivity index (χ0) is 12.2. The maximum absolute atomic E-state index is 11.1. The van der Waals surface area contributed by atoms with Crippen molar-refractivity contribution in [2.75, 3.05) is 40.3 Å². The van der Waals surface area contributed by atoms with Crippen molar-refractivity contribution in [3.63, 3.8) is 0 Å². The maximum atomic E-state index is 11.1. The molecule has 0 aromatic rings. The molecule has 0 rings (SSSR count). The summed E-state index contributed by atoms with van der Waals surface area (Å²) in [5.74, 6) is -0.0723. The van der Waals surface area contributed by atoms with Crippen molar-refractivity contribution in [2.45, 2.75) is 32.6 Å². The smallest absolute Gasteiger partial charge is 0.305 e. The van der Waals surface area contributed by atoms with E-state index in [1.165, 1.54) is 0 Å². The summed E-state index contributed by atoms with van der Waals surface area (Å²) in [5, 5.41) is 3.32. The Labute approximate surface area is 99.3 Å². The lowest BCUT2D eigenvalue weighted by molar-refractivity contribution is -0.143. The Hall–Kier alpha value is -0.610. The molecule has 4 nitrogen and oxygen atoms in total. The van der Waals surface area contributed by atoms with Crippen LogP contribution in [0.4, 0.5) is 0 Å². The van der Waals surface area contributed by atoms with Gasteiger partial charge in [0.2, 0.25) is 0 Å². The Morgan fingerprint density at radius 1 is 1.25 bits per heavy atom. The van der Waals surface area contributed by atoms with E-state index < -0.39 is 0 Å². The molecule has 0 heterocycles. The normalized spacial score (nSPS) is 10.8. The number of hydrogen-bond donors (Lipinski definition) is 1. The van der Waals surface area contributed by atoms with Gasteiger partial charge >= 0.3 is 5.97 Å². The molecule has 0 bridgehead atoms. The van der Waals surface area contributed by atoms with E-state index in [0.717, 1.165) is 38.9 Å². The molecule has 4 heteroatoms. The van der Waals surface area contributed by atoms with Crippen LogP contribution in [-0.2, 0) is 9.53 Å². The van der Waals surface area contributed by atoms with Crippen LogP contribution in [0.25, 0.3) is 0 Å². The highest BCUT2D eigenvalue weighted by Crippen LogP contribution is 1.93. The van der Waals surface area contributed by atoms with Crippen molar-refractivity contribution in [1.29, 1.82) is 0 Å². The van der Waals surface area contributed by atoms with Crippen LogP contribution < -0.4 is 5.32 Å². The van der Waals surface area contributed by atoms with E-state index >= 15 is 0 Å². The van der Waals surface area contributed by atoms with Gasteiger partial charge in [0.25, 0.3) is 0 Å². The van der Waals surface area contributed by atoms with Crippen LogP contribution in [0.15, 0.2) is 0 Å². The Morgan fingerprint density at radius 3 is 2.56 bits per heavy atom. The Kier molecular flexibility index (Phi) is 10.5. The fourth-order valence-corrected chi connectivity index (χ4v) is 1.29. The number of carbonyl (C=O) groups excluding carboxylic acids is 1. The molecule has 0 aromatic heterocycles.